The molecule has 1 aromatic rings. The second-order valence-corrected chi connectivity index (χ2v) is 5.14. The number of nitrogen functional groups attached to an aromatic ring is 1. The fourth-order valence-corrected chi connectivity index (χ4v) is 2.42. The maximum Gasteiger partial charge on any atom is 0.341 e. The molecule has 0 atom stereocenters. The zero-order valence-electron chi connectivity index (χ0n) is 11.4. The summed E-state index contributed by atoms with van der Waals surface area (Å²) in [7, 11) is 1.31. The molecule has 0 saturated carbocycles. The van der Waals surface area contributed by atoms with Crippen LogP contribution in [0, 0.1) is 5.92 Å². The van der Waals surface area contributed by atoms with Crippen LogP contribution in [0.1, 0.15) is 23.2 Å². The molecule has 2 rings (SSSR count). The normalized spacial score (nSPS) is 15.9. The first-order chi connectivity index (χ1) is 9.61. The van der Waals surface area contributed by atoms with Crippen molar-refractivity contribution < 1.29 is 19.0 Å². The van der Waals surface area contributed by atoms with Crippen molar-refractivity contribution in [3.05, 3.63) is 22.7 Å². The highest BCUT2D eigenvalue weighted by Crippen LogP contribution is 2.33. The summed E-state index contributed by atoms with van der Waals surface area (Å²) in [4.78, 5) is 11.8. The SMILES string of the molecule is COC(=O)c1cc(N)cc(Cl)c1OCC1CCOCC1. The molecule has 1 heterocycles. The van der Waals surface area contributed by atoms with Crippen molar-refractivity contribution in [1.82, 2.24) is 0 Å². The van der Waals surface area contributed by atoms with E-state index in [1.54, 1.807) is 6.07 Å². The Balaban J connectivity index is 2.14. The Hall–Kier alpha value is -1.46. The molecular formula is C14H18ClNO4. The molecule has 1 saturated heterocycles. The average molecular weight is 300 g/mol. The molecule has 0 spiro atoms. The molecule has 0 amide bonds. The summed E-state index contributed by atoms with van der Waals surface area (Å²) in [6.45, 7) is 1.98. The maximum atomic E-state index is 11.8. The summed E-state index contributed by atoms with van der Waals surface area (Å²) in [5, 5.41) is 0.317. The van der Waals surface area contributed by atoms with Crippen molar-refractivity contribution in [2.45, 2.75) is 12.8 Å². The van der Waals surface area contributed by atoms with Crippen LogP contribution in [0.5, 0.6) is 5.75 Å². The third-order valence-corrected chi connectivity index (χ3v) is 3.56. The molecule has 0 aromatic heterocycles. The van der Waals surface area contributed by atoms with E-state index < -0.39 is 5.97 Å². The minimum absolute atomic E-state index is 0.254. The summed E-state index contributed by atoms with van der Waals surface area (Å²) in [6.07, 6.45) is 1.89. The number of hydrogen-bond acceptors (Lipinski definition) is 5. The molecule has 0 bridgehead atoms. The molecule has 0 unspecified atom stereocenters. The average Bonchev–Trinajstić information content (AvgIpc) is 2.46. The van der Waals surface area contributed by atoms with Gasteiger partial charge in [-0.3, -0.25) is 0 Å². The predicted molar refractivity (Wildman–Crippen MR) is 76.2 cm³/mol. The van der Waals surface area contributed by atoms with Crippen LogP contribution < -0.4 is 10.5 Å². The molecule has 1 fully saturated rings. The van der Waals surface area contributed by atoms with E-state index in [9.17, 15) is 4.79 Å². The van der Waals surface area contributed by atoms with Crippen molar-refractivity contribution in [3.63, 3.8) is 0 Å². The molecule has 0 radical (unpaired) electrons. The van der Waals surface area contributed by atoms with E-state index in [4.69, 9.17) is 31.5 Å². The Kier molecular flexibility index (Phi) is 5.09. The van der Waals surface area contributed by atoms with E-state index in [-0.39, 0.29) is 5.56 Å². The van der Waals surface area contributed by atoms with Gasteiger partial charge in [0.15, 0.2) is 5.75 Å². The van der Waals surface area contributed by atoms with Crippen LogP contribution in [-0.4, -0.2) is 32.9 Å². The Bertz CT molecular complexity index is 486. The molecule has 5 nitrogen and oxygen atoms in total. The third-order valence-electron chi connectivity index (χ3n) is 3.28. The molecule has 0 aliphatic carbocycles. The quantitative estimate of drug-likeness (QED) is 0.683. The second kappa shape index (κ2) is 6.81. The van der Waals surface area contributed by atoms with Gasteiger partial charge in [0.05, 0.1) is 18.7 Å². The number of anilines is 1. The van der Waals surface area contributed by atoms with Crippen LogP contribution in [0.25, 0.3) is 0 Å². The second-order valence-electron chi connectivity index (χ2n) is 4.74. The number of rotatable bonds is 4. The van der Waals surface area contributed by atoms with Crippen LogP contribution in [-0.2, 0) is 9.47 Å². The van der Waals surface area contributed by atoms with Crippen molar-refractivity contribution in [3.8, 4) is 5.75 Å². The molecule has 110 valence electrons. The van der Waals surface area contributed by atoms with E-state index >= 15 is 0 Å². The van der Waals surface area contributed by atoms with Crippen LogP contribution in [0.4, 0.5) is 5.69 Å². The number of nitrogens with two attached hydrogens (primary N) is 1. The van der Waals surface area contributed by atoms with E-state index in [0.717, 1.165) is 26.1 Å². The lowest BCUT2D eigenvalue weighted by atomic mass is 10.0. The number of ether oxygens (including phenoxy) is 3. The highest BCUT2D eigenvalue weighted by molar-refractivity contribution is 6.33. The third kappa shape index (κ3) is 3.55. The van der Waals surface area contributed by atoms with Crippen LogP contribution >= 0.6 is 11.6 Å². The van der Waals surface area contributed by atoms with E-state index in [1.807, 2.05) is 0 Å². The van der Waals surface area contributed by atoms with Crippen LogP contribution in [0.3, 0.4) is 0 Å². The first kappa shape index (κ1) is 14.9. The largest absolute Gasteiger partial charge is 0.491 e. The lowest BCUT2D eigenvalue weighted by Gasteiger charge is -2.23. The van der Waals surface area contributed by atoms with E-state index in [2.05, 4.69) is 0 Å². The van der Waals surface area contributed by atoms with Gasteiger partial charge >= 0.3 is 5.97 Å². The van der Waals surface area contributed by atoms with Gasteiger partial charge in [0.1, 0.15) is 5.56 Å². The van der Waals surface area contributed by atoms with Gasteiger partial charge in [-0.25, -0.2) is 4.79 Å². The van der Waals surface area contributed by atoms with E-state index in [0.29, 0.717) is 29.0 Å². The van der Waals surface area contributed by atoms with Gasteiger partial charge in [0.25, 0.3) is 0 Å². The maximum absolute atomic E-state index is 11.8. The number of carbonyl (C=O) groups excluding carboxylic acids is 1. The minimum Gasteiger partial charge on any atom is -0.491 e. The Morgan fingerprint density at radius 1 is 1.45 bits per heavy atom. The molecule has 20 heavy (non-hydrogen) atoms. The molecule has 1 aromatic carbocycles. The molecule has 1 aliphatic heterocycles. The lowest BCUT2D eigenvalue weighted by molar-refractivity contribution is 0.0484. The highest BCUT2D eigenvalue weighted by Gasteiger charge is 2.20. The van der Waals surface area contributed by atoms with Gasteiger partial charge in [0, 0.05) is 18.9 Å². The topological polar surface area (TPSA) is 70.8 Å². The van der Waals surface area contributed by atoms with Gasteiger partial charge < -0.3 is 19.9 Å². The summed E-state index contributed by atoms with van der Waals surface area (Å²) in [5.74, 6) is 0.225. The first-order valence-electron chi connectivity index (χ1n) is 6.49. The van der Waals surface area contributed by atoms with Crippen molar-refractivity contribution in [1.29, 1.82) is 0 Å². The highest BCUT2D eigenvalue weighted by atomic mass is 35.5. The fraction of sp³-hybridized carbons (Fsp3) is 0.500. The van der Waals surface area contributed by atoms with Crippen LogP contribution in [0.2, 0.25) is 5.02 Å². The monoisotopic (exact) mass is 299 g/mol. The number of benzene rings is 1. The molecule has 1 aliphatic rings. The minimum atomic E-state index is -0.513. The summed E-state index contributed by atoms with van der Waals surface area (Å²) < 4.78 is 15.8. The number of hydrogen-bond donors (Lipinski definition) is 1. The zero-order chi connectivity index (χ0) is 14.5. The van der Waals surface area contributed by atoms with Gasteiger partial charge in [0.2, 0.25) is 0 Å². The van der Waals surface area contributed by atoms with Crippen molar-refractivity contribution in [2.24, 2.45) is 5.92 Å². The Morgan fingerprint density at radius 3 is 2.80 bits per heavy atom. The van der Waals surface area contributed by atoms with Crippen molar-refractivity contribution >= 4 is 23.3 Å². The number of carbonyl (C=O) groups is 1. The van der Waals surface area contributed by atoms with Gasteiger partial charge in [-0.15, -0.1) is 0 Å². The van der Waals surface area contributed by atoms with Crippen LogP contribution in [0.15, 0.2) is 12.1 Å². The zero-order valence-corrected chi connectivity index (χ0v) is 12.1. The van der Waals surface area contributed by atoms with Gasteiger partial charge in [-0.05, 0) is 30.9 Å². The smallest absolute Gasteiger partial charge is 0.341 e. The number of methoxy groups -OCH3 is 1. The summed E-state index contributed by atoms with van der Waals surface area (Å²) >= 11 is 6.12. The molecule has 6 heteroatoms. The Morgan fingerprint density at radius 2 is 2.15 bits per heavy atom. The fourth-order valence-electron chi connectivity index (χ4n) is 2.14. The number of halogens is 1. The molecule has 2 N–H and O–H groups in total. The first-order valence-corrected chi connectivity index (χ1v) is 6.87. The van der Waals surface area contributed by atoms with Gasteiger partial charge in [-0.2, -0.15) is 0 Å². The van der Waals surface area contributed by atoms with E-state index in [1.165, 1.54) is 13.2 Å². The summed E-state index contributed by atoms with van der Waals surface area (Å²) in [5.41, 5.74) is 6.35. The lowest BCUT2D eigenvalue weighted by Crippen LogP contribution is -2.22. The Labute approximate surface area is 122 Å². The van der Waals surface area contributed by atoms with Crippen molar-refractivity contribution in [2.75, 3.05) is 32.7 Å². The number of esters is 1. The molecular weight excluding hydrogens is 282 g/mol. The van der Waals surface area contributed by atoms with Gasteiger partial charge in [-0.1, -0.05) is 11.6 Å². The summed E-state index contributed by atoms with van der Waals surface area (Å²) in [6, 6.07) is 3.07. The standard InChI is InChI=1S/C14H18ClNO4/c1-18-14(17)11-6-10(16)7-12(15)13(11)20-8-9-2-4-19-5-3-9/h6-7,9H,2-5,8,16H2,1H3. The predicted octanol–water partition coefficient (Wildman–Crippen LogP) is 2.51.